The SMILES string of the molecule is CCC(C)OCC(C)N1CCN(C)CC1. The van der Waals surface area contributed by atoms with Crippen LogP contribution < -0.4 is 0 Å². The monoisotopic (exact) mass is 214 g/mol. The smallest absolute Gasteiger partial charge is 0.0622 e. The standard InChI is InChI=1S/C12H26N2O/c1-5-12(3)15-10-11(2)14-8-6-13(4)7-9-14/h11-12H,5-10H2,1-4H3. The molecule has 0 aromatic carbocycles. The minimum Gasteiger partial charge on any atom is -0.377 e. The van der Waals surface area contributed by atoms with Crippen molar-refractivity contribution < 1.29 is 4.74 Å². The number of nitrogens with zero attached hydrogens (tertiary/aromatic N) is 2. The molecule has 0 saturated carbocycles. The fourth-order valence-corrected chi connectivity index (χ4v) is 1.79. The molecule has 0 spiro atoms. The van der Waals surface area contributed by atoms with Crippen molar-refractivity contribution in [3.8, 4) is 0 Å². The van der Waals surface area contributed by atoms with Crippen molar-refractivity contribution >= 4 is 0 Å². The van der Waals surface area contributed by atoms with E-state index >= 15 is 0 Å². The van der Waals surface area contributed by atoms with E-state index in [9.17, 15) is 0 Å². The lowest BCUT2D eigenvalue weighted by Gasteiger charge is -2.36. The number of hydrogen-bond donors (Lipinski definition) is 0. The molecule has 1 rings (SSSR count). The molecular weight excluding hydrogens is 188 g/mol. The second-order valence-corrected chi connectivity index (χ2v) is 4.74. The maximum absolute atomic E-state index is 5.78. The van der Waals surface area contributed by atoms with Crippen molar-refractivity contribution in [3.63, 3.8) is 0 Å². The minimum atomic E-state index is 0.403. The fourth-order valence-electron chi connectivity index (χ4n) is 1.79. The molecule has 1 saturated heterocycles. The molecule has 1 aliphatic rings. The number of likely N-dealkylation sites (N-methyl/N-ethyl adjacent to an activating group) is 1. The molecule has 2 atom stereocenters. The van der Waals surface area contributed by atoms with Gasteiger partial charge in [-0.2, -0.15) is 0 Å². The summed E-state index contributed by atoms with van der Waals surface area (Å²) in [6.45, 7) is 12.2. The normalized spacial score (nSPS) is 24.0. The highest BCUT2D eigenvalue weighted by molar-refractivity contribution is 4.74. The van der Waals surface area contributed by atoms with Gasteiger partial charge in [0, 0.05) is 32.2 Å². The zero-order valence-corrected chi connectivity index (χ0v) is 10.7. The van der Waals surface area contributed by atoms with Crippen LogP contribution in [0.25, 0.3) is 0 Å². The lowest BCUT2D eigenvalue weighted by molar-refractivity contribution is 0.00827. The molecule has 90 valence electrons. The van der Waals surface area contributed by atoms with Gasteiger partial charge < -0.3 is 9.64 Å². The van der Waals surface area contributed by atoms with E-state index in [1.54, 1.807) is 0 Å². The first-order valence-electron chi connectivity index (χ1n) is 6.17. The van der Waals surface area contributed by atoms with E-state index in [1.165, 1.54) is 26.2 Å². The van der Waals surface area contributed by atoms with Crippen molar-refractivity contribution in [1.82, 2.24) is 9.80 Å². The fraction of sp³-hybridized carbons (Fsp3) is 1.00. The average Bonchev–Trinajstić information content (AvgIpc) is 2.26. The average molecular weight is 214 g/mol. The van der Waals surface area contributed by atoms with Gasteiger partial charge >= 0.3 is 0 Å². The van der Waals surface area contributed by atoms with Crippen molar-refractivity contribution in [2.75, 3.05) is 39.8 Å². The summed E-state index contributed by atoms with van der Waals surface area (Å²) in [6, 6.07) is 0.563. The molecule has 0 aliphatic carbocycles. The van der Waals surface area contributed by atoms with Gasteiger partial charge in [-0.25, -0.2) is 0 Å². The Labute approximate surface area is 94.4 Å². The van der Waals surface area contributed by atoms with Crippen LogP contribution in [0.3, 0.4) is 0 Å². The topological polar surface area (TPSA) is 15.7 Å². The second-order valence-electron chi connectivity index (χ2n) is 4.74. The van der Waals surface area contributed by atoms with E-state index in [0.29, 0.717) is 12.1 Å². The van der Waals surface area contributed by atoms with Crippen LogP contribution in [0.2, 0.25) is 0 Å². The summed E-state index contributed by atoms with van der Waals surface area (Å²) in [5.41, 5.74) is 0. The van der Waals surface area contributed by atoms with Gasteiger partial charge in [0.25, 0.3) is 0 Å². The van der Waals surface area contributed by atoms with E-state index in [2.05, 4.69) is 37.6 Å². The van der Waals surface area contributed by atoms with Gasteiger partial charge in [-0.05, 0) is 27.3 Å². The van der Waals surface area contributed by atoms with Crippen LogP contribution in [0.1, 0.15) is 27.2 Å². The number of rotatable bonds is 5. The lowest BCUT2D eigenvalue weighted by Crippen LogP contribution is -2.49. The minimum absolute atomic E-state index is 0.403. The Morgan fingerprint density at radius 1 is 1.13 bits per heavy atom. The molecule has 15 heavy (non-hydrogen) atoms. The summed E-state index contributed by atoms with van der Waals surface area (Å²) < 4.78 is 5.78. The van der Waals surface area contributed by atoms with E-state index in [1.807, 2.05) is 0 Å². The summed E-state index contributed by atoms with van der Waals surface area (Å²) in [5, 5.41) is 0. The van der Waals surface area contributed by atoms with Crippen LogP contribution in [-0.2, 0) is 4.74 Å². The van der Waals surface area contributed by atoms with Gasteiger partial charge in [-0.1, -0.05) is 6.92 Å². The third-order valence-corrected chi connectivity index (χ3v) is 3.36. The van der Waals surface area contributed by atoms with Gasteiger partial charge in [-0.3, -0.25) is 4.90 Å². The van der Waals surface area contributed by atoms with E-state index in [-0.39, 0.29) is 0 Å². The summed E-state index contributed by atoms with van der Waals surface area (Å²) in [6.07, 6.45) is 1.51. The maximum Gasteiger partial charge on any atom is 0.0622 e. The third-order valence-electron chi connectivity index (χ3n) is 3.36. The quantitative estimate of drug-likeness (QED) is 0.689. The Kier molecular flexibility index (Phi) is 5.58. The Balaban J connectivity index is 2.19. The summed E-state index contributed by atoms with van der Waals surface area (Å²) in [5.74, 6) is 0. The van der Waals surface area contributed by atoms with Gasteiger partial charge in [0.1, 0.15) is 0 Å². The summed E-state index contributed by atoms with van der Waals surface area (Å²) in [4.78, 5) is 4.92. The van der Waals surface area contributed by atoms with E-state index in [0.717, 1.165) is 13.0 Å². The molecule has 0 aromatic rings. The van der Waals surface area contributed by atoms with Crippen LogP contribution in [0.5, 0.6) is 0 Å². The molecule has 2 unspecified atom stereocenters. The predicted molar refractivity (Wildman–Crippen MR) is 64.2 cm³/mol. The molecule has 0 bridgehead atoms. The van der Waals surface area contributed by atoms with Crippen LogP contribution in [0, 0.1) is 0 Å². The van der Waals surface area contributed by atoms with Crippen LogP contribution in [0.15, 0.2) is 0 Å². The van der Waals surface area contributed by atoms with Crippen molar-refractivity contribution in [2.45, 2.75) is 39.3 Å². The lowest BCUT2D eigenvalue weighted by atomic mass is 10.2. The first-order chi connectivity index (χ1) is 7.13. The van der Waals surface area contributed by atoms with Crippen molar-refractivity contribution in [1.29, 1.82) is 0 Å². The molecular formula is C12H26N2O. The Bertz CT molecular complexity index is 167. The van der Waals surface area contributed by atoms with Crippen molar-refractivity contribution in [3.05, 3.63) is 0 Å². The second kappa shape index (κ2) is 6.46. The molecule has 0 aromatic heterocycles. The Morgan fingerprint density at radius 3 is 2.27 bits per heavy atom. The predicted octanol–water partition coefficient (Wildman–Crippen LogP) is 1.44. The zero-order chi connectivity index (χ0) is 11.3. The van der Waals surface area contributed by atoms with E-state index in [4.69, 9.17) is 4.74 Å². The van der Waals surface area contributed by atoms with Gasteiger partial charge in [0.2, 0.25) is 0 Å². The molecule has 1 fully saturated rings. The largest absolute Gasteiger partial charge is 0.377 e. The molecule has 1 heterocycles. The molecule has 0 amide bonds. The van der Waals surface area contributed by atoms with Crippen LogP contribution in [-0.4, -0.2) is 61.8 Å². The molecule has 0 radical (unpaired) electrons. The Morgan fingerprint density at radius 2 is 1.73 bits per heavy atom. The van der Waals surface area contributed by atoms with E-state index < -0.39 is 0 Å². The van der Waals surface area contributed by atoms with Crippen molar-refractivity contribution in [2.24, 2.45) is 0 Å². The van der Waals surface area contributed by atoms with Crippen LogP contribution >= 0.6 is 0 Å². The Hall–Kier alpha value is -0.120. The molecule has 1 aliphatic heterocycles. The highest BCUT2D eigenvalue weighted by atomic mass is 16.5. The first kappa shape index (κ1) is 12.9. The summed E-state index contributed by atoms with van der Waals surface area (Å²) >= 11 is 0. The maximum atomic E-state index is 5.78. The third kappa shape index (κ3) is 4.49. The van der Waals surface area contributed by atoms with Gasteiger partial charge in [0.15, 0.2) is 0 Å². The number of piperazine rings is 1. The molecule has 3 nitrogen and oxygen atoms in total. The number of ether oxygens (including phenoxy) is 1. The molecule has 0 N–H and O–H groups in total. The highest BCUT2D eigenvalue weighted by Gasteiger charge is 2.19. The number of hydrogen-bond acceptors (Lipinski definition) is 3. The zero-order valence-electron chi connectivity index (χ0n) is 10.7. The van der Waals surface area contributed by atoms with Gasteiger partial charge in [-0.15, -0.1) is 0 Å². The molecule has 3 heteroatoms. The van der Waals surface area contributed by atoms with Gasteiger partial charge in [0.05, 0.1) is 12.7 Å². The highest BCUT2D eigenvalue weighted by Crippen LogP contribution is 2.07. The first-order valence-corrected chi connectivity index (χ1v) is 6.17. The summed E-state index contributed by atoms with van der Waals surface area (Å²) in [7, 11) is 2.19. The van der Waals surface area contributed by atoms with Crippen LogP contribution in [0.4, 0.5) is 0 Å².